The Bertz CT molecular complexity index is 592. The summed E-state index contributed by atoms with van der Waals surface area (Å²) in [7, 11) is 0. The van der Waals surface area contributed by atoms with E-state index >= 15 is 0 Å². The predicted octanol–water partition coefficient (Wildman–Crippen LogP) is 3.85. The van der Waals surface area contributed by atoms with Crippen molar-refractivity contribution < 1.29 is 4.79 Å². The Morgan fingerprint density at radius 2 is 1.85 bits per heavy atom. The highest BCUT2D eigenvalue weighted by molar-refractivity contribution is 7.14. The van der Waals surface area contributed by atoms with Gasteiger partial charge in [-0.15, -0.1) is 11.3 Å². The maximum absolute atomic E-state index is 12.3. The minimum Gasteiger partial charge on any atom is -0.399 e. The molecular formula is C16H18N2OS. The van der Waals surface area contributed by atoms with E-state index in [0.717, 1.165) is 23.4 Å². The van der Waals surface area contributed by atoms with Crippen LogP contribution in [-0.4, -0.2) is 5.91 Å². The lowest BCUT2D eigenvalue weighted by Crippen LogP contribution is -2.10. The predicted molar refractivity (Wildman–Crippen MR) is 84.4 cm³/mol. The summed E-state index contributed by atoms with van der Waals surface area (Å²) in [5, 5.41) is 2.93. The average molecular weight is 286 g/mol. The number of fused-ring (bicyclic) bond motifs is 1. The van der Waals surface area contributed by atoms with Gasteiger partial charge in [0.05, 0.1) is 4.88 Å². The van der Waals surface area contributed by atoms with Gasteiger partial charge in [0, 0.05) is 16.3 Å². The van der Waals surface area contributed by atoms with Crippen molar-refractivity contribution in [2.45, 2.75) is 32.1 Å². The second-order valence-electron chi connectivity index (χ2n) is 5.20. The minimum atomic E-state index is -0.0205. The van der Waals surface area contributed by atoms with E-state index in [2.05, 4.69) is 11.4 Å². The van der Waals surface area contributed by atoms with Crippen LogP contribution in [0.4, 0.5) is 11.4 Å². The van der Waals surface area contributed by atoms with Gasteiger partial charge >= 0.3 is 0 Å². The van der Waals surface area contributed by atoms with E-state index in [1.54, 1.807) is 23.5 Å². The van der Waals surface area contributed by atoms with Crippen molar-refractivity contribution in [1.29, 1.82) is 0 Å². The number of anilines is 2. The molecule has 2 aromatic rings. The van der Waals surface area contributed by atoms with Crippen molar-refractivity contribution in [2.75, 3.05) is 11.1 Å². The minimum absolute atomic E-state index is 0.0205. The van der Waals surface area contributed by atoms with Gasteiger partial charge in [0.25, 0.3) is 5.91 Å². The van der Waals surface area contributed by atoms with Crippen molar-refractivity contribution in [3.8, 4) is 0 Å². The van der Waals surface area contributed by atoms with Crippen LogP contribution in [0.3, 0.4) is 0 Å². The molecule has 0 radical (unpaired) electrons. The van der Waals surface area contributed by atoms with Crippen LogP contribution in [0.2, 0.25) is 0 Å². The van der Waals surface area contributed by atoms with Crippen molar-refractivity contribution in [3.63, 3.8) is 0 Å². The molecule has 20 heavy (non-hydrogen) atoms. The molecule has 3 N–H and O–H groups in total. The largest absolute Gasteiger partial charge is 0.399 e. The van der Waals surface area contributed by atoms with E-state index < -0.39 is 0 Å². The average Bonchev–Trinajstić information content (AvgIpc) is 2.73. The second kappa shape index (κ2) is 5.67. The molecule has 0 saturated heterocycles. The van der Waals surface area contributed by atoms with Gasteiger partial charge < -0.3 is 11.1 Å². The molecular weight excluding hydrogens is 268 g/mol. The summed E-state index contributed by atoms with van der Waals surface area (Å²) in [6.45, 7) is 0. The Morgan fingerprint density at radius 3 is 2.65 bits per heavy atom. The summed E-state index contributed by atoms with van der Waals surface area (Å²) in [6.07, 6.45) is 6.01. The van der Waals surface area contributed by atoms with Crippen LogP contribution < -0.4 is 11.1 Å². The third-order valence-electron chi connectivity index (χ3n) is 3.64. The van der Waals surface area contributed by atoms with E-state index in [4.69, 9.17) is 5.73 Å². The lowest BCUT2D eigenvalue weighted by atomic mass is 10.1. The highest BCUT2D eigenvalue weighted by Crippen LogP contribution is 2.29. The fourth-order valence-electron chi connectivity index (χ4n) is 2.54. The summed E-state index contributed by atoms with van der Waals surface area (Å²) in [5.74, 6) is -0.0205. The Balaban J connectivity index is 1.75. The SMILES string of the molecule is Nc1ccc(NC(=O)c2cc3c(s2)CCCCC3)cc1. The highest BCUT2D eigenvalue weighted by atomic mass is 32.1. The third kappa shape index (κ3) is 2.85. The van der Waals surface area contributed by atoms with Crippen LogP contribution in [0.1, 0.15) is 39.4 Å². The van der Waals surface area contributed by atoms with Gasteiger partial charge in [-0.05, 0) is 61.6 Å². The summed E-state index contributed by atoms with van der Waals surface area (Å²) < 4.78 is 0. The second-order valence-corrected chi connectivity index (χ2v) is 6.33. The van der Waals surface area contributed by atoms with Gasteiger partial charge in [0.15, 0.2) is 0 Å². The number of amides is 1. The van der Waals surface area contributed by atoms with Crippen molar-refractivity contribution >= 4 is 28.6 Å². The molecule has 3 nitrogen and oxygen atoms in total. The molecule has 1 aliphatic rings. The van der Waals surface area contributed by atoms with Crippen LogP contribution in [0, 0.1) is 0 Å². The first kappa shape index (κ1) is 13.2. The maximum atomic E-state index is 12.3. The molecule has 0 saturated carbocycles. The van der Waals surface area contributed by atoms with Gasteiger partial charge in [-0.3, -0.25) is 4.79 Å². The molecule has 1 aromatic carbocycles. The van der Waals surface area contributed by atoms with E-state index in [9.17, 15) is 4.79 Å². The standard InChI is InChI=1S/C16H18N2OS/c17-12-6-8-13(9-7-12)18-16(19)15-10-11-4-2-1-3-5-14(11)20-15/h6-10H,1-5,17H2,(H,18,19). The molecule has 0 aliphatic heterocycles. The fourth-order valence-corrected chi connectivity index (χ4v) is 3.69. The van der Waals surface area contributed by atoms with Crippen LogP contribution in [0.5, 0.6) is 0 Å². The van der Waals surface area contributed by atoms with Gasteiger partial charge in [-0.2, -0.15) is 0 Å². The van der Waals surface area contributed by atoms with Crippen LogP contribution >= 0.6 is 11.3 Å². The summed E-state index contributed by atoms with van der Waals surface area (Å²) in [4.78, 5) is 14.5. The Hall–Kier alpha value is -1.81. The first-order valence-corrected chi connectivity index (χ1v) is 7.82. The lowest BCUT2D eigenvalue weighted by molar-refractivity contribution is 0.103. The molecule has 4 heteroatoms. The number of aryl methyl sites for hydroxylation is 2. The number of nitrogen functional groups attached to an aromatic ring is 1. The van der Waals surface area contributed by atoms with Crippen LogP contribution in [0.25, 0.3) is 0 Å². The van der Waals surface area contributed by atoms with E-state index in [1.807, 2.05) is 12.1 Å². The molecule has 0 bridgehead atoms. The Kier molecular flexibility index (Phi) is 3.74. The zero-order chi connectivity index (χ0) is 13.9. The number of nitrogens with one attached hydrogen (secondary N) is 1. The smallest absolute Gasteiger partial charge is 0.265 e. The number of hydrogen-bond acceptors (Lipinski definition) is 3. The zero-order valence-corrected chi connectivity index (χ0v) is 12.1. The maximum Gasteiger partial charge on any atom is 0.265 e. The molecule has 1 aromatic heterocycles. The van der Waals surface area contributed by atoms with Crippen molar-refractivity contribution in [3.05, 3.63) is 45.6 Å². The monoisotopic (exact) mass is 286 g/mol. The Labute approximate surface area is 122 Å². The highest BCUT2D eigenvalue weighted by Gasteiger charge is 2.16. The van der Waals surface area contributed by atoms with E-state index in [-0.39, 0.29) is 5.91 Å². The van der Waals surface area contributed by atoms with E-state index in [0.29, 0.717) is 5.69 Å². The number of rotatable bonds is 2. The summed E-state index contributed by atoms with van der Waals surface area (Å²) in [6, 6.07) is 9.30. The molecule has 1 amide bonds. The number of carbonyl (C=O) groups excluding carboxylic acids is 1. The molecule has 3 rings (SSSR count). The number of thiophene rings is 1. The van der Waals surface area contributed by atoms with Gasteiger partial charge in [-0.1, -0.05) is 6.42 Å². The van der Waals surface area contributed by atoms with Crippen LogP contribution in [-0.2, 0) is 12.8 Å². The molecule has 0 spiro atoms. The molecule has 104 valence electrons. The van der Waals surface area contributed by atoms with Crippen molar-refractivity contribution in [2.24, 2.45) is 0 Å². The first-order chi connectivity index (χ1) is 9.72. The molecule has 0 fully saturated rings. The van der Waals surface area contributed by atoms with E-state index in [1.165, 1.54) is 29.7 Å². The number of nitrogens with two attached hydrogens (primary N) is 1. The molecule has 0 atom stereocenters. The lowest BCUT2D eigenvalue weighted by Gasteiger charge is -2.03. The number of carbonyl (C=O) groups is 1. The molecule has 0 unspecified atom stereocenters. The fraction of sp³-hybridized carbons (Fsp3) is 0.312. The quantitative estimate of drug-likeness (QED) is 0.651. The molecule has 1 aliphatic carbocycles. The van der Waals surface area contributed by atoms with Crippen molar-refractivity contribution in [1.82, 2.24) is 0 Å². The van der Waals surface area contributed by atoms with Gasteiger partial charge in [-0.25, -0.2) is 0 Å². The van der Waals surface area contributed by atoms with Gasteiger partial charge in [0.2, 0.25) is 0 Å². The topological polar surface area (TPSA) is 55.1 Å². The van der Waals surface area contributed by atoms with Crippen LogP contribution in [0.15, 0.2) is 30.3 Å². The zero-order valence-electron chi connectivity index (χ0n) is 11.3. The number of benzene rings is 1. The third-order valence-corrected chi connectivity index (χ3v) is 4.87. The first-order valence-electron chi connectivity index (χ1n) is 7.01. The normalized spacial score (nSPS) is 14.4. The summed E-state index contributed by atoms with van der Waals surface area (Å²) in [5.41, 5.74) is 8.49. The Morgan fingerprint density at radius 1 is 1.10 bits per heavy atom. The summed E-state index contributed by atoms with van der Waals surface area (Å²) >= 11 is 1.64. The molecule has 1 heterocycles. The van der Waals surface area contributed by atoms with Gasteiger partial charge in [0.1, 0.15) is 0 Å². The number of hydrogen-bond donors (Lipinski definition) is 2.